The van der Waals surface area contributed by atoms with Crippen LogP contribution in [0.1, 0.15) is 11.4 Å². The Bertz CT molecular complexity index is 586. The molecule has 0 saturated carbocycles. The molecule has 0 aliphatic rings. The van der Waals surface area contributed by atoms with E-state index < -0.39 is 0 Å². The molecule has 0 saturated heterocycles. The van der Waals surface area contributed by atoms with Gasteiger partial charge in [0.1, 0.15) is 17.4 Å². The molecule has 0 aliphatic heterocycles. The lowest BCUT2D eigenvalue weighted by Crippen LogP contribution is -2.08. The largest absolute Gasteiger partial charge is 0.383 e. The lowest BCUT2D eigenvalue weighted by Gasteiger charge is -2.07. The molecule has 0 unspecified atom stereocenters. The number of hydrogen-bond donors (Lipinski definition) is 0. The summed E-state index contributed by atoms with van der Waals surface area (Å²) in [6.07, 6.45) is 0.685. The third-order valence-corrected chi connectivity index (χ3v) is 3.00. The van der Waals surface area contributed by atoms with Gasteiger partial charge in [-0.1, -0.05) is 6.07 Å². The van der Waals surface area contributed by atoms with Crippen molar-refractivity contribution in [1.29, 1.82) is 5.26 Å². The Balaban J connectivity index is 2.56. The Labute approximate surface area is 111 Å². The minimum absolute atomic E-state index is 0.512. The predicted octanol–water partition coefficient (Wildman–Crippen LogP) is 2.34. The van der Waals surface area contributed by atoms with Crippen LogP contribution in [-0.2, 0) is 17.7 Å². The highest BCUT2D eigenvalue weighted by Crippen LogP contribution is 2.20. The minimum Gasteiger partial charge on any atom is -0.383 e. The maximum Gasteiger partial charge on any atom is 0.111 e. The van der Waals surface area contributed by atoms with E-state index in [1.54, 1.807) is 13.2 Å². The quantitative estimate of drug-likeness (QED) is 0.778. The fraction of sp³-hybridized carbons (Fsp3) is 0.385. The third-order valence-electron chi connectivity index (χ3n) is 2.82. The highest BCUT2D eigenvalue weighted by molar-refractivity contribution is 6.17. The number of halogens is 1. The van der Waals surface area contributed by atoms with Gasteiger partial charge in [0.25, 0.3) is 0 Å². The number of rotatable bonds is 5. The predicted molar refractivity (Wildman–Crippen MR) is 70.7 cm³/mol. The zero-order valence-corrected chi connectivity index (χ0v) is 10.9. The number of aromatic nitrogens is 2. The van der Waals surface area contributed by atoms with E-state index >= 15 is 0 Å². The second kappa shape index (κ2) is 5.85. The summed E-state index contributed by atoms with van der Waals surface area (Å²) < 4.78 is 7.18. The Hall–Kier alpha value is -1.57. The van der Waals surface area contributed by atoms with Gasteiger partial charge in [-0.15, -0.1) is 11.6 Å². The summed E-state index contributed by atoms with van der Waals surface area (Å²) in [4.78, 5) is 4.53. The monoisotopic (exact) mass is 263 g/mol. The van der Waals surface area contributed by atoms with Gasteiger partial charge in [0, 0.05) is 26.0 Å². The standard InChI is InChI=1S/C13H14ClN3O/c1-18-8-7-17-11-4-2-3-10(9-15)13(11)16-12(17)5-6-14/h2-4H,5-8H2,1H3. The van der Waals surface area contributed by atoms with Gasteiger partial charge in [-0.2, -0.15) is 5.26 Å². The molecular weight excluding hydrogens is 250 g/mol. The van der Waals surface area contributed by atoms with E-state index in [1.165, 1.54) is 0 Å². The van der Waals surface area contributed by atoms with E-state index in [0.717, 1.165) is 16.9 Å². The second-order valence-electron chi connectivity index (χ2n) is 3.90. The van der Waals surface area contributed by atoms with Crippen LogP contribution >= 0.6 is 11.6 Å². The first kappa shape index (κ1) is 12.9. The number of methoxy groups -OCH3 is 1. The van der Waals surface area contributed by atoms with Crippen LogP contribution in [0.25, 0.3) is 11.0 Å². The summed E-state index contributed by atoms with van der Waals surface area (Å²) in [7, 11) is 1.67. The van der Waals surface area contributed by atoms with E-state index in [1.807, 2.05) is 12.1 Å². The lowest BCUT2D eigenvalue weighted by atomic mass is 10.2. The minimum atomic E-state index is 0.512. The fourth-order valence-corrected chi connectivity index (χ4v) is 2.16. The molecule has 1 aromatic carbocycles. The molecule has 0 aliphatic carbocycles. The Morgan fingerprint density at radius 1 is 1.50 bits per heavy atom. The number of fused-ring (bicyclic) bond motifs is 1. The third kappa shape index (κ3) is 2.33. The number of alkyl halides is 1. The number of imidazole rings is 1. The van der Waals surface area contributed by atoms with Crippen molar-refractivity contribution in [1.82, 2.24) is 9.55 Å². The molecule has 0 spiro atoms. The van der Waals surface area contributed by atoms with Crippen LogP contribution in [0.4, 0.5) is 0 Å². The topological polar surface area (TPSA) is 50.8 Å². The number of benzene rings is 1. The number of nitriles is 1. The van der Waals surface area contributed by atoms with Gasteiger partial charge in [0.2, 0.25) is 0 Å². The van der Waals surface area contributed by atoms with Crippen molar-refractivity contribution in [3.8, 4) is 6.07 Å². The first-order valence-corrected chi connectivity index (χ1v) is 6.28. The molecule has 0 amide bonds. The molecule has 5 heteroatoms. The molecular formula is C13H14ClN3O. The average molecular weight is 264 g/mol. The van der Waals surface area contributed by atoms with Crippen molar-refractivity contribution in [3.05, 3.63) is 29.6 Å². The molecule has 94 valence electrons. The van der Waals surface area contributed by atoms with Crippen LogP contribution in [-0.4, -0.2) is 29.1 Å². The highest BCUT2D eigenvalue weighted by Gasteiger charge is 2.12. The summed E-state index contributed by atoms with van der Waals surface area (Å²) >= 11 is 5.79. The van der Waals surface area contributed by atoms with Crippen LogP contribution in [0.15, 0.2) is 18.2 Å². The van der Waals surface area contributed by atoms with Gasteiger partial charge in [-0.3, -0.25) is 0 Å². The molecule has 2 rings (SSSR count). The molecule has 18 heavy (non-hydrogen) atoms. The molecule has 2 aromatic rings. The summed E-state index contributed by atoms with van der Waals surface area (Å²) in [5.41, 5.74) is 2.31. The van der Waals surface area contributed by atoms with Crippen molar-refractivity contribution in [2.24, 2.45) is 0 Å². The van der Waals surface area contributed by atoms with Crippen molar-refractivity contribution >= 4 is 22.6 Å². The number of aryl methyl sites for hydroxylation is 1. The fourth-order valence-electron chi connectivity index (χ4n) is 1.99. The van der Waals surface area contributed by atoms with Crippen LogP contribution in [0, 0.1) is 11.3 Å². The summed E-state index contributed by atoms with van der Waals surface area (Å²) in [6.45, 7) is 1.33. The second-order valence-corrected chi connectivity index (χ2v) is 4.27. The zero-order chi connectivity index (χ0) is 13.0. The first-order chi connectivity index (χ1) is 8.81. The smallest absolute Gasteiger partial charge is 0.111 e. The molecule has 0 fully saturated rings. The normalized spacial score (nSPS) is 10.7. The molecule has 1 heterocycles. The summed E-state index contributed by atoms with van der Waals surface area (Å²) in [5, 5.41) is 9.09. The molecule has 0 bridgehead atoms. The van der Waals surface area contributed by atoms with Gasteiger partial charge >= 0.3 is 0 Å². The molecule has 0 atom stereocenters. The number of nitrogens with zero attached hydrogens (tertiary/aromatic N) is 3. The van der Waals surface area contributed by atoms with E-state index in [2.05, 4.69) is 15.6 Å². The van der Waals surface area contributed by atoms with Crippen LogP contribution in [0.3, 0.4) is 0 Å². The van der Waals surface area contributed by atoms with E-state index in [4.69, 9.17) is 21.6 Å². The number of ether oxygens (including phenoxy) is 1. The SMILES string of the molecule is COCCn1c(CCCl)nc2c(C#N)cccc21. The molecule has 1 aromatic heterocycles. The highest BCUT2D eigenvalue weighted by atomic mass is 35.5. The van der Waals surface area contributed by atoms with E-state index in [9.17, 15) is 0 Å². The van der Waals surface area contributed by atoms with Gasteiger partial charge in [0.15, 0.2) is 0 Å². The Morgan fingerprint density at radius 3 is 3.00 bits per heavy atom. The van der Waals surface area contributed by atoms with Gasteiger partial charge in [0.05, 0.1) is 17.7 Å². The van der Waals surface area contributed by atoms with Crippen molar-refractivity contribution < 1.29 is 4.74 Å². The van der Waals surface area contributed by atoms with Crippen LogP contribution in [0.2, 0.25) is 0 Å². The number of hydrogen-bond acceptors (Lipinski definition) is 3. The average Bonchev–Trinajstić information content (AvgIpc) is 2.74. The van der Waals surface area contributed by atoms with E-state index in [-0.39, 0.29) is 0 Å². The first-order valence-electron chi connectivity index (χ1n) is 5.75. The summed E-state index contributed by atoms with van der Waals surface area (Å²) in [6, 6.07) is 7.79. The lowest BCUT2D eigenvalue weighted by molar-refractivity contribution is 0.187. The van der Waals surface area contributed by atoms with Gasteiger partial charge in [-0.05, 0) is 12.1 Å². The maximum absolute atomic E-state index is 9.09. The molecule has 4 nitrogen and oxygen atoms in total. The Morgan fingerprint density at radius 2 is 2.33 bits per heavy atom. The van der Waals surface area contributed by atoms with Crippen molar-refractivity contribution in [3.63, 3.8) is 0 Å². The Kier molecular flexibility index (Phi) is 4.19. The van der Waals surface area contributed by atoms with Crippen LogP contribution < -0.4 is 0 Å². The van der Waals surface area contributed by atoms with Crippen molar-refractivity contribution in [2.45, 2.75) is 13.0 Å². The molecule has 0 N–H and O–H groups in total. The van der Waals surface area contributed by atoms with Crippen molar-refractivity contribution in [2.75, 3.05) is 19.6 Å². The number of para-hydroxylation sites is 1. The van der Waals surface area contributed by atoms with Gasteiger partial charge < -0.3 is 9.30 Å². The maximum atomic E-state index is 9.09. The zero-order valence-electron chi connectivity index (χ0n) is 10.2. The van der Waals surface area contributed by atoms with Crippen LogP contribution in [0.5, 0.6) is 0 Å². The van der Waals surface area contributed by atoms with Gasteiger partial charge in [-0.25, -0.2) is 4.98 Å². The molecule has 0 radical (unpaired) electrons. The summed E-state index contributed by atoms with van der Waals surface area (Å²) in [5.74, 6) is 1.41. The van der Waals surface area contributed by atoms with E-state index in [0.29, 0.717) is 31.0 Å².